The van der Waals surface area contributed by atoms with Crippen molar-refractivity contribution in [2.75, 3.05) is 13.1 Å². The molecule has 0 spiro atoms. The summed E-state index contributed by atoms with van der Waals surface area (Å²) in [6.45, 7) is 6.04. The summed E-state index contributed by atoms with van der Waals surface area (Å²) < 4.78 is 5.20. The summed E-state index contributed by atoms with van der Waals surface area (Å²) in [5, 5.41) is 21.2. The van der Waals surface area contributed by atoms with Crippen LogP contribution in [-0.2, 0) is 11.3 Å². The van der Waals surface area contributed by atoms with E-state index in [4.69, 9.17) is 4.74 Å². The number of carbonyl (C=O) groups is 1. The Bertz CT molecular complexity index is 419. The third kappa shape index (κ3) is 2.95. The first-order valence-electron chi connectivity index (χ1n) is 5.69. The van der Waals surface area contributed by atoms with Crippen molar-refractivity contribution < 1.29 is 14.6 Å². The van der Waals surface area contributed by atoms with Gasteiger partial charge in [0.15, 0.2) is 6.33 Å². The van der Waals surface area contributed by atoms with Gasteiger partial charge in [0, 0.05) is 0 Å². The number of ether oxygens (including phenoxy) is 1. The fourth-order valence-corrected chi connectivity index (χ4v) is 1.74. The second-order valence-electron chi connectivity index (χ2n) is 5.53. The number of aromatic nitrogens is 4. The number of hydrogen-bond donors (Lipinski definition) is 1. The van der Waals surface area contributed by atoms with Crippen LogP contribution in [0.25, 0.3) is 0 Å². The number of β-amino-alcohol motifs (C(OH)–C–C–N with tert-alkyl or cyclic N) is 1. The van der Waals surface area contributed by atoms with Crippen LogP contribution >= 0.6 is 0 Å². The molecule has 8 nitrogen and oxygen atoms in total. The van der Waals surface area contributed by atoms with Crippen molar-refractivity contribution in [1.29, 1.82) is 0 Å². The van der Waals surface area contributed by atoms with Crippen LogP contribution in [-0.4, -0.2) is 60.6 Å². The van der Waals surface area contributed by atoms with E-state index in [1.165, 1.54) is 16.0 Å². The molecular weight excluding hydrogens is 238 g/mol. The lowest BCUT2D eigenvalue weighted by Crippen LogP contribution is -2.65. The van der Waals surface area contributed by atoms with Gasteiger partial charge in [-0.15, -0.1) is 10.2 Å². The van der Waals surface area contributed by atoms with E-state index < -0.39 is 17.3 Å². The Kier molecular flexibility index (Phi) is 2.97. The third-order valence-electron chi connectivity index (χ3n) is 2.45. The van der Waals surface area contributed by atoms with Gasteiger partial charge in [-0.3, -0.25) is 0 Å². The largest absolute Gasteiger partial charge is 0.444 e. The minimum atomic E-state index is -1.00. The first kappa shape index (κ1) is 12.7. The number of likely N-dealkylation sites (tertiary alicyclic amines) is 1. The van der Waals surface area contributed by atoms with Crippen LogP contribution in [0.2, 0.25) is 0 Å². The molecule has 0 bridgehead atoms. The summed E-state index contributed by atoms with van der Waals surface area (Å²) >= 11 is 0. The molecule has 2 rings (SSSR count). The van der Waals surface area contributed by atoms with E-state index in [9.17, 15) is 9.90 Å². The van der Waals surface area contributed by atoms with Gasteiger partial charge in [0.1, 0.15) is 11.2 Å². The van der Waals surface area contributed by atoms with E-state index in [-0.39, 0.29) is 19.6 Å². The Morgan fingerprint density at radius 2 is 2.17 bits per heavy atom. The van der Waals surface area contributed by atoms with Crippen molar-refractivity contribution in [3.05, 3.63) is 6.33 Å². The number of aliphatic hydroxyl groups is 1. The molecule has 0 radical (unpaired) electrons. The van der Waals surface area contributed by atoms with E-state index in [0.29, 0.717) is 0 Å². The number of carbonyl (C=O) groups excluding carboxylic acids is 1. The topological polar surface area (TPSA) is 93.4 Å². The second-order valence-corrected chi connectivity index (χ2v) is 5.53. The van der Waals surface area contributed by atoms with Crippen LogP contribution in [0.5, 0.6) is 0 Å². The van der Waals surface area contributed by atoms with Gasteiger partial charge in [-0.05, 0) is 26.0 Å². The average molecular weight is 255 g/mol. The molecule has 8 heteroatoms. The highest BCUT2D eigenvalue weighted by Crippen LogP contribution is 2.24. The lowest BCUT2D eigenvalue weighted by atomic mass is 9.95. The predicted molar refractivity (Wildman–Crippen MR) is 60.6 cm³/mol. The Hall–Kier alpha value is -1.70. The molecule has 100 valence electrons. The van der Waals surface area contributed by atoms with Crippen molar-refractivity contribution in [2.24, 2.45) is 0 Å². The van der Waals surface area contributed by atoms with Crippen molar-refractivity contribution in [3.63, 3.8) is 0 Å². The number of nitrogens with zero attached hydrogens (tertiary/aromatic N) is 5. The van der Waals surface area contributed by atoms with Gasteiger partial charge in [0.05, 0.1) is 19.6 Å². The smallest absolute Gasteiger partial charge is 0.410 e. The number of amides is 1. The molecule has 1 N–H and O–H groups in total. The van der Waals surface area contributed by atoms with Crippen molar-refractivity contribution >= 4 is 6.09 Å². The molecule has 1 saturated heterocycles. The molecule has 1 aromatic rings. The summed E-state index contributed by atoms with van der Waals surface area (Å²) in [6, 6.07) is 0. The summed E-state index contributed by atoms with van der Waals surface area (Å²) in [5.74, 6) is 0. The Morgan fingerprint density at radius 1 is 1.50 bits per heavy atom. The number of rotatable bonds is 2. The highest BCUT2D eigenvalue weighted by Gasteiger charge is 2.45. The summed E-state index contributed by atoms with van der Waals surface area (Å²) in [5.41, 5.74) is -1.53. The van der Waals surface area contributed by atoms with Crippen LogP contribution < -0.4 is 0 Å². The van der Waals surface area contributed by atoms with E-state index in [1.54, 1.807) is 20.8 Å². The van der Waals surface area contributed by atoms with E-state index in [0.717, 1.165) is 0 Å². The fraction of sp³-hybridized carbons (Fsp3) is 0.800. The Balaban J connectivity index is 1.84. The molecule has 0 unspecified atom stereocenters. The Morgan fingerprint density at radius 3 is 2.67 bits per heavy atom. The zero-order chi connectivity index (χ0) is 13.4. The molecule has 18 heavy (non-hydrogen) atoms. The van der Waals surface area contributed by atoms with Crippen molar-refractivity contribution in [2.45, 2.75) is 38.5 Å². The van der Waals surface area contributed by atoms with E-state index in [1.807, 2.05) is 0 Å². The first-order valence-corrected chi connectivity index (χ1v) is 5.69. The van der Waals surface area contributed by atoms with Crippen molar-refractivity contribution in [1.82, 2.24) is 25.1 Å². The van der Waals surface area contributed by atoms with Gasteiger partial charge in [0.25, 0.3) is 0 Å². The maximum absolute atomic E-state index is 11.7. The monoisotopic (exact) mass is 255 g/mol. The van der Waals surface area contributed by atoms with Gasteiger partial charge in [-0.25, -0.2) is 4.79 Å². The quantitative estimate of drug-likeness (QED) is 0.776. The van der Waals surface area contributed by atoms with Gasteiger partial charge in [-0.1, -0.05) is 0 Å². The zero-order valence-electron chi connectivity index (χ0n) is 10.7. The van der Waals surface area contributed by atoms with Crippen molar-refractivity contribution in [3.8, 4) is 0 Å². The fourth-order valence-electron chi connectivity index (χ4n) is 1.74. The predicted octanol–water partition coefficient (Wildman–Crippen LogP) is -0.345. The van der Waals surface area contributed by atoms with Gasteiger partial charge in [0.2, 0.25) is 0 Å². The SMILES string of the molecule is CC(C)(C)OC(=O)N1CC(O)(Cn2ncnn2)C1. The zero-order valence-corrected chi connectivity index (χ0v) is 10.7. The number of tetrazole rings is 1. The minimum absolute atomic E-state index is 0.212. The first-order chi connectivity index (χ1) is 8.27. The minimum Gasteiger partial charge on any atom is -0.444 e. The molecule has 0 aliphatic carbocycles. The summed E-state index contributed by atoms with van der Waals surface area (Å²) in [6.07, 6.45) is 0.881. The van der Waals surface area contributed by atoms with Gasteiger partial charge >= 0.3 is 6.09 Å². The summed E-state index contributed by atoms with van der Waals surface area (Å²) in [7, 11) is 0. The van der Waals surface area contributed by atoms with Crippen LogP contribution in [0.1, 0.15) is 20.8 Å². The molecule has 1 aliphatic rings. The average Bonchev–Trinajstić information content (AvgIpc) is 2.63. The molecule has 1 aliphatic heterocycles. The van der Waals surface area contributed by atoms with E-state index >= 15 is 0 Å². The van der Waals surface area contributed by atoms with Crippen LogP contribution in [0.4, 0.5) is 4.79 Å². The van der Waals surface area contributed by atoms with Gasteiger partial charge < -0.3 is 14.7 Å². The lowest BCUT2D eigenvalue weighted by Gasteiger charge is -2.45. The highest BCUT2D eigenvalue weighted by atomic mass is 16.6. The van der Waals surface area contributed by atoms with Crippen LogP contribution in [0.15, 0.2) is 6.33 Å². The molecule has 0 aromatic carbocycles. The normalized spacial score (nSPS) is 18.3. The molecule has 0 saturated carbocycles. The molecule has 1 amide bonds. The second kappa shape index (κ2) is 4.20. The standard InChI is InChI=1S/C10H17N5O3/c1-9(2,3)18-8(16)14-4-10(17,5-14)6-15-12-7-11-13-15/h7,17H,4-6H2,1-3H3. The van der Waals surface area contributed by atoms with E-state index in [2.05, 4.69) is 15.4 Å². The number of hydrogen-bond acceptors (Lipinski definition) is 6. The summed E-state index contributed by atoms with van der Waals surface area (Å²) in [4.78, 5) is 14.4. The molecule has 0 atom stereocenters. The maximum atomic E-state index is 11.7. The highest BCUT2D eigenvalue weighted by molar-refractivity contribution is 5.69. The molecule has 1 fully saturated rings. The van der Waals surface area contributed by atoms with Crippen LogP contribution in [0.3, 0.4) is 0 Å². The molecule has 1 aromatic heterocycles. The Labute approximate surface area is 105 Å². The maximum Gasteiger partial charge on any atom is 0.410 e. The molecule has 2 heterocycles. The lowest BCUT2D eigenvalue weighted by molar-refractivity contribution is -0.110. The van der Waals surface area contributed by atoms with Gasteiger partial charge in [-0.2, -0.15) is 4.80 Å². The third-order valence-corrected chi connectivity index (χ3v) is 2.45. The van der Waals surface area contributed by atoms with Crippen LogP contribution in [0, 0.1) is 0 Å². The molecular formula is C10H17N5O3.